The van der Waals surface area contributed by atoms with Crippen LogP contribution in [0, 0.1) is 5.92 Å². The second-order valence-electron chi connectivity index (χ2n) is 7.18. The lowest BCUT2D eigenvalue weighted by Gasteiger charge is -2.19. The van der Waals surface area contributed by atoms with Gasteiger partial charge in [0.15, 0.2) is 0 Å². The van der Waals surface area contributed by atoms with Gasteiger partial charge in [0.2, 0.25) is 10.0 Å². The molecule has 154 valence electrons. The number of sulfonamides is 1. The number of phenols is 1. The Labute approximate surface area is 170 Å². The van der Waals surface area contributed by atoms with E-state index in [4.69, 9.17) is 0 Å². The van der Waals surface area contributed by atoms with Gasteiger partial charge in [0.1, 0.15) is 5.75 Å². The SMILES string of the molecule is C[C@@H]1CCCC/C1=N/NC(=O)c1cc(S(=O)(=O)NCc2ccccc2)ccc1O. The summed E-state index contributed by atoms with van der Waals surface area (Å²) in [5.41, 5.74) is 4.04. The van der Waals surface area contributed by atoms with Gasteiger partial charge in [0.05, 0.1) is 10.5 Å². The van der Waals surface area contributed by atoms with Gasteiger partial charge in [0, 0.05) is 12.3 Å². The van der Waals surface area contributed by atoms with Crippen LogP contribution in [0.3, 0.4) is 0 Å². The van der Waals surface area contributed by atoms with Crippen LogP contribution in [0.2, 0.25) is 0 Å². The lowest BCUT2D eigenvalue weighted by atomic mass is 9.89. The number of carbonyl (C=O) groups is 1. The molecule has 0 aliphatic heterocycles. The van der Waals surface area contributed by atoms with Crippen molar-refractivity contribution in [2.45, 2.75) is 44.0 Å². The Morgan fingerprint density at radius 2 is 1.93 bits per heavy atom. The summed E-state index contributed by atoms with van der Waals surface area (Å²) >= 11 is 0. The first-order valence-electron chi connectivity index (χ1n) is 9.60. The molecule has 1 fully saturated rings. The molecule has 1 aliphatic rings. The van der Waals surface area contributed by atoms with Crippen LogP contribution in [0.4, 0.5) is 0 Å². The third-order valence-electron chi connectivity index (χ3n) is 5.02. The number of rotatable bonds is 6. The second kappa shape index (κ2) is 9.19. The first kappa shape index (κ1) is 21.0. The van der Waals surface area contributed by atoms with Crippen molar-refractivity contribution in [1.29, 1.82) is 0 Å². The van der Waals surface area contributed by atoms with E-state index in [1.165, 1.54) is 12.1 Å². The van der Waals surface area contributed by atoms with E-state index in [0.29, 0.717) is 5.92 Å². The van der Waals surface area contributed by atoms with Crippen LogP contribution >= 0.6 is 0 Å². The molecular formula is C21H25N3O4S. The van der Waals surface area contributed by atoms with Crippen LogP contribution in [-0.2, 0) is 16.6 Å². The zero-order chi connectivity index (χ0) is 20.9. The number of benzene rings is 2. The average Bonchev–Trinajstić information content (AvgIpc) is 2.72. The first-order valence-corrected chi connectivity index (χ1v) is 11.1. The van der Waals surface area contributed by atoms with E-state index in [-0.39, 0.29) is 22.8 Å². The number of phenolic OH excluding ortho intramolecular Hbond substituents is 1. The smallest absolute Gasteiger partial charge is 0.275 e. The molecule has 7 nitrogen and oxygen atoms in total. The summed E-state index contributed by atoms with van der Waals surface area (Å²) < 4.78 is 27.7. The molecule has 8 heteroatoms. The van der Waals surface area contributed by atoms with Crippen LogP contribution in [0.5, 0.6) is 5.75 Å². The first-order chi connectivity index (χ1) is 13.9. The van der Waals surface area contributed by atoms with Gasteiger partial charge in [-0.2, -0.15) is 5.10 Å². The Morgan fingerprint density at radius 1 is 1.17 bits per heavy atom. The van der Waals surface area contributed by atoms with Gasteiger partial charge >= 0.3 is 0 Å². The molecule has 0 bridgehead atoms. The predicted molar refractivity (Wildman–Crippen MR) is 111 cm³/mol. The highest BCUT2D eigenvalue weighted by Gasteiger charge is 2.20. The van der Waals surface area contributed by atoms with Crippen LogP contribution in [0.1, 0.15) is 48.5 Å². The number of carbonyl (C=O) groups excluding carboxylic acids is 1. The molecule has 0 saturated heterocycles. The molecule has 0 radical (unpaired) electrons. The number of nitrogens with zero attached hydrogens (tertiary/aromatic N) is 1. The predicted octanol–water partition coefficient (Wildman–Crippen LogP) is 3.17. The fraction of sp³-hybridized carbons (Fsp3) is 0.333. The van der Waals surface area contributed by atoms with Crippen LogP contribution < -0.4 is 10.1 Å². The molecule has 0 aromatic heterocycles. The van der Waals surface area contributed by atoms with Gasteiger partial charge in [0.25, 0.3) is 5.91 Å². The van der Waals surface area contributed by atoms with Crippen molar-refractivity contribution in [1.82, 2.24) is 10.1 Å². The molecule has 1 saturated carbocycles. The third kappa shape index (κ3) is 5.42. The fourth-order valence-electron chi connectivity index (χ4n) is 3.24. The topological polar surface area (TPSA) is 108 Å². The van der Waals surface area contributed by atoms with Crippen molar-refractivity contribution in [2.24, 2.45) is 11.0 Å². The van der Waals surface area contributed by atoms with Gasteiger partial charge in [-0.3, -0.25) is 4.79 Å². The van der Waals surface area contributed by atoms with E-state index in [9.17, 15) is 18.3 Å². The minimum Gasteiger partial charge on any atom is -0.507 e. The Morgan fingerprint density at radius 3 is 2.66 bits per heavy atom. The molecule has 1 atom stereocenters. The average molecular weight is 416 g/mol. The normalized spacial score (nSPS) is 18.5. The number of hydrogen-bond acceptors (Lipinski definition) is 5. The monoisotopic (exact) mass is 415 g/mol. The van der Waals surface area contributed by atoms with Gasteiger partial charge in [-0.15, -0.1) is 0 Å². The molecule has 29 heavy (non-hydrogen) atoms. The molecule has 2 aromatic carbocycles. The molecule has 1 amide bonds. The lowest BCUT2D eigenvalue weighted by Crippen LogP contribution is -2.25. The molecule has 0 spiro atoms. The minimum atomic E-state index is -3.85. The van der Waals surface area contributed by atoms with E-state index in [1.54, 1.807) is 0 Å². The highest BCUT2D eigenvalue weighted by molar-refractivity contribution is 7.89. The van der Waals surface area contributed by atoms with Crippen LogP contribution in [0.15, 0.2) is 58.5 Å². The number of nitrogens with one attached hydrogen (secondary N) is 2. The Hall–Kier alpha value is -2.71. The maximum absolute atomic E-state index is 12.6. The summed E-state index contributed by atoms with van der Waals surface area (Å²) in [6.07, 6.45) is 4.03. The summed E-state index contributed by atoms with van der Waals surface area (Å²) in [5, 5.41) is 14.2. The van der Waals surface area contributed by atoms with Crippen molar-refractivity contribution in [2.75, 3.05) is 0 Å². The summed E-state index contributed by atoms with van der Waals surface area (Å²) in [5.74, 6) is -0.652. The van der Waals surface area contributed by atoms with Crippen molar-refractivity contribution < 1.29 is 18.3 Å². The minimum absolute atomic E-state index is 0.102. The Bertz CT molecular complexity index is 1000. The number of aromatic hydroxyl groups is 1. The van der Waals surface area contributed by atoms with Gasteiger partial charge in [-0.05, 0) is 48.9 Å². The Balaban J connectivity index is 1.74. The van der Waals surface area contributed by atoms with E-state index in [1.807, 2.05) is 30.3 Å². The molecule has 1 aliphatic carbocycles. The lowest BCUT2D eigenvalue weighted by molar-refractivity contribution is 0.0951. The molecule has 0 heterocycles. The van der Waals surface area contributed by atoms with Gasteiger partial charge < -0.3 is 5.11 Å². The highest BCUT2D eigenvalue weighted by Crippen LogP contribution is 2.23. The number of amides is 1. The van der Waals surface area contributed by atoms with E-state index >= 15 is 0 Å². The largest absolute Gasteiger partial charge is 0.507 e. The maximum atomic E-state index is 12.6. The van der Waals surface area contributed by atoms with Crippen LogP contribution in [-0.4, -0.2) is 25.1 Å². The molecule has 3 rings (SSSR count). The van der Waals surface area contributed by atoms with Crippen molar-refractivity contribution in [3.8, 4) is 5.75 Å². The van der Waals surface area contributed by atoms with Gasteiger partial charge in [-0.1, -0.05) is 43.7 Å². The zero-order valence-electron chi connectivity index (χ0n) is 16.3. The Kier molecular flexibility index (Phi) is 6.66. The van der Waals surface area contributed by atoms with E-state index in [0.717, 1.165) is 43.0 Å². The molecule has 3 N–H and O–H groups in total. The molecule has 0 unspecified atom stereocenters. The summed E-state index contributed by atoms with van der Waals surface area (Å²) in [6, 6.07) is 12.7. The summed E-state index contributed by atoms with van der Waals surface area (Å²) in [6.45, 7) is 2.18. The zero-order valence-corrected chi connectivity index (χ0v) is 17.1. The fourth-order valence-corrected chi connectivity index (χ4v) is 4.28. The standard InChI is InChI=1S/C21H25N3O4S/c1-15-7-5-6-10-19(15)23-24-21(26)18-13-17(11-12-20(18)25)29(27,28)22-14-16-8-3-2-4-9-16/h2-4,8-9,11-13,15,22,25H,5-7,10,14H2,1H3,(H,24,26)/b23-19-/t15-/m1/s1. The van der Waals surface area contributed by atoms with E-state index < -0.39 is 15.9 Å². The van der Waals surface area contributed by atoms with Crippen molar-refractivity contribution >= 4 is 21.6 Å². The van der Waals surface area contributed by atoms with Gasteiger partial charge in [-0.25, -0.2) is 18.6 Å². The summed E-state index contributed by atoms with van der Waals surface area (Å²) in [4.78, 5) is 12.4. The van der Waals surface area contributed by atoms with Crippen molar-refractivity contribution in [3.63, 3.8) is 0 Å². The maximum Gasteiger partial charge on any atom is 0.275 e. The van der Waals surface area contributed by atoms with Crippen LogP contribution in [0.25, 0.3) is 0 Å². The molecular weight excluding hydrogens is 390 g/mol. The number of hydrogen-bond donors (Lipinski definition) is 3. The second-order valence-corrected chi connectivity index (χ2v) is 8.95. The summed E-state index contributed by atoms with van der Waals surface area (Å²) in [7, 11) is -3.85. The van der Waals surface area contributed by atoms with E-state index in [2.05, 4.69) is 22.2 Å². The van der Waals surface area contributed by atoms with Crippen molar-refractivity contribution in [3.05, 3.63) is 59.7 Å². The highest BCUT2D eigenvalue weighted by atomic mass is 32.2. The third-order valence-corrected chi connectivity index (χ3v) is 6.42. The number of hydrazone groups is 1. The quantitative estimate of drug-likeness (QED) is 0.630. The molecule has 2 aromatic rings.